The number of benzene rings is 2. The zero-order valence-electron chi connectivity index (χ0n) is 15.7. The summed E-state index contributed by atoms with van der Waals surface area (Å²) in [6, 6.07) is 11.5. The average molecular weight is 371 g/mol. The van der Waals surface area contributed by atoms with Crippen LogP contribution in [0.2, 0.25) is 5.02 Å². The second-order valence-electron chi connectivity index (χ2n) is 7.09. The van der Waals surface area contributed by atoms with E-state index in [9.17, 15) is 4.79 Å². The van der Waals surface area contributed by atoms with E-state index in [0.717, 1.165) is 28.0 Å². The highest BCUT2D eigenvalue weighted by Gasteiger charge is 2.25. The molecule has 0 aromatic heterocycles. The molecule has 4 nitrogen and oxygen atoms in total. The molecule has 1 heterocycles. The van der Waals surface area contributed by atoms with Gasteiger partial charge in [-0.3, -0.25) is 9.63 Å². The Hall–Kier alpha value is -2.30. The Balaban J connectivity index is 2.07. The van der Waals surface area contributed by atoms with Gasteiger partial charge in [-0.25, -0.2) is 5.06 Å². The van der Waals surface area contributed by atoms with Crippen molar-refractivity contribution in [1.82, 2.24) is 5.06 Å². The van der Waals surface area contributed by atoms with Crippen molar-refractivity contribution in [2.75, 3.05) is 19.5 Å². The summed E-state index contributed by atoms with van der Waals surface area (Å²) in [4.78, 5) is 17.3. The number of allylic oxidation sites excluding steroid dienone is 1. The lowest BCUT2D eigenvalue weighted by Gasteiger charge is -2.32. The SMILES string of the molecule is CON(C)C(=O)c1cccc(-c2ccc3c(c2Cl)C(C)=CC(C)(C)N3)c1. The molecule has 1 amide bonds. The van der Waals surface area contributed by atoms with Gasteiger partial charge in [0.15, 0.2) is 0 Å². The summed E-state index contributed by atoms with van der Waals surface area (Å²) in [5, 5.41) is 5.39. The molecule has 0 fully saturated rings. The Labute approximate surface area is 159 Å². The molecule has 2 aromatic rings. The van der Waals surface area contributed by atoms with E-state index in [0.29, 0.717) is 10.6 Å². The van der Waals surface area contributed by atoms with Crippen molar-refractivity contribution in [3.63, 3.8) is 0 Å². The highest BCUT2D eigenvalue weighted by Crippen LogP contribution is 2.42. The number of carbonyl (C=O) groups is 1. The first-order chi connectivity index (χ1) is 12.2. The monoisotopic (exact) mass is 370 g/mol. The predicted molar refractivity (Wildman–Crippen MR) is 107 cm³/mol. The van der Waals surface area contributed by atoms with E-state index in [1.54, 1.807) is 13.1 Å². The van der Waals surface area contributed by atoms with Crippen LogP contribution in [0, 0.1) is 0 Å². The van der Waals surface area contributed by atoms with Crippen molar-refractivity contribution >= 4 is 28.8 Å². The second kappa shape index (κ2) is 6.78. The first-order valence-corrected chi connectivity index (χ1v) is 8.84. The van der Waals surface area contributed by atoms with E-state index in [4.69, 9.17) is 16.4 Å². The van der Waals surface area contributed by atoms with Gasteiger partial charge in [-0.15, -0.1) is 0 Å². The fraction of sp³-hybridized carbons (Fsp3) is 0.286. The molecule has 0 spiro atoms. The van der Waals surface area contributed by atoms with Crippen molar-refractivity contribution in [2.24, 2.45) is 0 Å². The van der Waals surface area contributed by atoms with Crippen molar-refractivity contribution in [3.05, 3.63) is 58.6 Å². The van der Waals surface area contributed by atoms with Crippen LogP contribution in [0.25, 0.3) is 16.7 Å². The molecule has 0 radical (unpaired) electrons. The number of anilines is 1. The van der Waals surface area contributed by atoms with Gasteiger partial charge < -0.3 is 5.32 Å². The molecule has 0 aliphatic carbocycles. The van der Waals surface area contributed by atoms with Gasteiger partial charge >= 0.3 is 0 Å². The minimum Gasteiger partial charge on any atom is -0.376 e. The number of halogens is 1. The van der Waals surface area contributed by atoms with Crippen LogP contribution in [0.4, 0.5) is 5.69 Å². The Morgan fingerprint density at radius 3 is 2.65 bits per heavy atom. The molecule has 0 atom stereocenters. The molecule has 26 heavy (non-hydrogen) atoms. The Morgan fingerprint density at radius 2 is 1.96 bits per heavy atom. The zero-order valence-corrected chi connectivity index (χ0v) is 16.4. The minimum absolute atomic E-state index is 0.112. The van der Waals surface area contributed by atoms with E-state index >= 15 is 0 Å². The summed E-state index contributed by atoms with van der Waals surface area (Å²) in [7, 11) is 3.05. The summed E-state index contributed by atoms with van der Waals surface area (Å²) < 4.78 is 0. The number of hydrogen-bond donors (Lipinski definition) is 1. The van der Waals surface area contributed by atoms with Gasteiger partial charge in [-0.1, -0.05) is 35.9 Å². The van der Waals surface area contributed by atoms with Gasteiger partial charge in [0.25, 0.3) is 5.91 Å². The van der Waals surface area contributed by atoms with Crippen molar-refractivity contribution in [1.29, 1.82) is 0 Å². The maximum Gasteiger partial charge on any atom is 0.277 e. The molecule has 0 unspecified atom stereocenters. The highest BCUT2D eigenvalue weighted by atomic mass is 35.5. The van der Waals surface area contributed by atoms with Crippen LogP contribution in [-0.2, 0) is 4.84 Å². The number of rotatable bonds is 3. The van der Waals surface area contributed by atoms with Crippen LogP contribution in [0.15, 0.2) is 42.5 Å². The van der Waals surface area contributed by atoms with E-state index in [1.165, 1.54) is 12.2 Å². The van der Waals surface area contributed by atoms with E-state index < -0.39 is 0 Å². The summed E-state index contributed by atoms with van der Waals surface area (Å²) in [6.07, 6.45) is 2.18. The smallest absolute Gasteiger partial charge is 0.277 e. The van der Waals surface area contributed by atoms with E-state index in [1.807, 2.05) is 30.3 Å². The topological polar surface area (TPSA) is 41.6 Å². The average Bonchev–Trinajstić information content (AvgIpc) is 2.59. The first kappa shape index (κ1) is 18.5. The standard InChI is InChI=1S/C21H23ClN2O2/c1-13-12-21(2,3)23-17-10-9-16(19(22)18(13)17)14-7-6-8-15(11-14)20(25)24(4)26-5/h6-12,23H,1-5H3. The maximum atomic E-state index is 12.3. The van der Waals surface area contributed by atoms with Crippen LogP contribution in [0.3, 0.4) is 0 Å². The summed E-state index contributed by atoms with van der Waals surface area (Å²) >= 11 is 6.77. The third-order valence-corrected chi connectivity index (χ3v) is 4.94. The molecule has 0 saturated carbocycles. The van der Waals surface area contributed by atoms with Crippen LogP contribution >= 0.6 is 11.6 Å². The molecule has 5 heteroatoms. The van der Waals surface area contributed by atoms with Crippen LogP contribution < -0.4 is 5.32 Å². The minimum atomic E-state index is -0.206. The number of nitrogens with zero attached hydrogens (tertiary/aromatic N) is 1. The Morgan fingerprint density at radius 1 is 1.23 bits per heavy atom. The fourth-order valence-corrected chi connectivity index (χ4v) is 3.79. The lowest BCUT2D eigenvalue weighted by atomic mass is 9.89. The number of carbonyl (C=O) groups excluding carboxylic acids is 1. The van der Waals surface area contributed by atoms with Gasteiger partial charge in [0.05, 0.1) is 17.7 Å². The number of fused-ring (bicyclic) bond motifs is 1. The highest BCUT2D eigenvalue weighted by molar-refractivity contribution is 6.35. The molecular weight excluding hydrogens is 348 g/mol. The van der Waals surface area contributed by atoms with Gasteiger partial charge in [0.1, 0.15) is 0 Å². The lowest BCUT2D eigenvalue weighted by molar-refractivity contribution is -0.0756. The molecular formula is C21H23ClN2O2. The fourth-order valence-electron chi connectivity index (χ4n) is 3.37. The second-order valence-corrected chi connectivity index (χ2v) is 7.47. The molecule has 136 valence electrons. The van der Waals surface area contributed by atoms with E-state index in [-0.39, 0.29) is 11.4 Å². The Kier molecular flexibility index (Phi) is 4.82. The number of hydroxylamine groups is 2. The zero-order chi connectivity index (χ0) is 19.1. The van der Waals surface area contributed by atoms with Crippen LogP contribution in [0.1, 0.15) is 36.7 Å². The molecule has 0 saturated heterocycles. The van der Waals surface area contributed by atoms with Crippen LogP contribution in [-0.4, -0.2) is 30.7 Å². The van der Waals surface area contributed by atoms with Crippen LogP contribution in [0.5, 0.6) is 0 Å². The van der Waals surface area contributed by atoms with Gasteiger partial charge in [-0.05, 0) is 50.1 Å². The predicted octanol–water partition coefficient (Wildman–Crippen LogP) is 5.25. The summed E-state index contributed by atoms with van der Waals surface area (Å²) in [5.41, 5.74) is 5.40. The van der Waals surface area contributed by atoms with Crippen molar-refractivity contribution < 1.29 is 9.63 Å². The van der Waals surface area contributed by atoms with Gasteiger partial charge in [0.2, 0.25) is 0 Å². The number of hydrogen-bond acceptors (Lipinski definition) is 3. The maximum absolute atomic E-state index is 12.3. The quantitative estimate of drug-likeness (QED) is 0.750. The largest absolute Gasteiger partial charge is 0.376 e. The summed E-state index contributed by atoms with van der Waals surface area (Å²) in [5.74, 6) is -0.206. The van der Waals surface area contributed by atoms with Gasteiger partial charge in [0, 0.05) is 29.4 Å². The molecule has 0 bridgehead atoms. The molecule has 1 aliphatic rings. The molecule has 3 rings (SSSR count). The molecule has 1 aliphatic heterocycles. The third kappa shape index (κ3) is 3.35. The number of amides is 1. The van der Waals surface area contributed by atoms with Crippen molar-refractivity contribution in [2.45, 2.75) is 26.3 Å². The molecule has 1 N–H and O–H groups in total. The normalized spacial score (nSPS) is 14.9. The lowest BCUT2D eigenvalue weighted by Crippen LogP contribution is -2.31. The number of nitrogens with one attached hydrogen (secondary N) is 1. The van der Waals surface area contributed by atoms with E-state index in [2.05, 4.69) is 32.2 Å². The summed E-state index contributed by atoms with van der Waals surface area (Å²) in [6.45, 7) is 6.33. The molecule has 2 aromatic carbocycles. The first-order valence-electron chi connectivity index (χ1n) is 8.46. The van der Waals surface area contributed by atoms with Gasteiger partial charge in [-0.2, -0.15) is 0 Å². The van der Waals surface area contributed by atoms with Crippen molar-refractivity contribution in [3.8, 4) is 11.1 Å². The third-order valence-electron chi connectivity index (χ3n) is 4.55. The Bertz CT molecular complexity index is 903.